The molecule has 0 spiro atoms. The molecule has 0 radical (unpaired) electrons. The Balaban J connectivity index is 2.58. The molecule has 0 saturated heterocycles. The van der Waals surface area contributed by atoms with Gasteiger partial charge in [0.1, 0.15) is 5.40 Å². The minimum Gasteiger partial charge on any atom is -0.478 e. The Morgan fingerprint density at radius 3 is 2.69 bits per heavy atom. The fourth-order valence-corrected chi connectivity index (χ4v) is 1.65. The van der Waals surface area contributed by atoms with E-state index >= 15 is 0 Å². The molecule has 1 aromatic rings. The van der Waals surface area contributed by atoms with E-state index in [1.165, 1.54) is 5.41 Å². The van der Waals surface area contributed by atoms with Gasteiger partial charge in [-0.25, -0.2) is 4.79 Å². The minimum absolute atomic E-state index is 0.274. The first-order valence-electron chi connectivity index (χ1n) is 4.75. The molecular weight excluding hydrogens is 222 g/mol. The van der Waals surface area contributed by atoms with E-state index < -0.39 is 5.97 Å². The third-order valence-electron chi connectivity index (χ3n) is 2.05. The highest BCUT2D eigenvalue weighted by atomic mass is 32.2. The van der Waals surface area contributed by atoms with Gasteiger partial charge in [-0.05, 0) is 35.6 Å². The van der Waals surface area contributed by atoms with E-state index in [0.29, 0.717) is 12.8 Å². The average molecular weight is 233 g/mol. The first-order valence-corrected chi connectivity index (χ1v) is 5.63. The number of thioether (sulfide) groups is 1. The van der Waals surface area contributed by atoms with Crippen molar-refractivity contribution in [1.29, 1.82) is 5.26 Å². The van der Waals surface area contributed by atoms with Gasteiger partial charge in [-0.2, -0.15) is 5.26 Å². The van der Waals surface area contributed by atoms with Gasteiger partial charge in [0.2, 0.25) is 0 Å². The summed E-state index contributed by atoms with van der Waals surface area (Å²) in [4.78, 5) is 10.8. The van der Waals surface area contributed by atoms with Crippen molar-refractivity contribution in [1.82, 2.24) is 0 Å². The fraction of sp³-hybridized carbons (Fsp3) is 0.167. The molecule has 0 aromatic heterocycles. The molecule has 0 fully saturated rings. The van der Waals surface area contributed by atoms with Crippen LogP contribution in [-0.2, 0) is 11.2 Å². The maximum Gasteiger partial charge on any atom is 0.332 e. The Bertz CT molecular complexity index is 420. The first kappa shape index (κ1) is 12.3. The monoisotopic (exact) mass is 233 g/mol. The highest BCUT2D eigenvalue weighted by molar-refractivity contribution is 8.06. The van der Waals surface area contributed by atoms with Crippen LogP contribution < -0.4 is 0 Å². The van der Waals surface area contributed by atoms with Crippen molar-refractivity contribution in [2.24, 2.45) is 0 Å². The Labute approximate surface area is 98.4 Å². The average Bonchev–Trinajstić information content (AvgIpc) is 2.30. The van der Waals surface area contributed by atoms with Crippen molar-refractivity contribution in [2.75, 3.05) is 0 Å². The van der Waals surface area contributed by atoms with E-state index in [-0.39, 0.29) is 5.57 Å². The van der Waals surface area contributed by atoms with E-state index in [9.17, 15) is 4.79 Å². The number of rotatable bonds is 5. The number of thiocyanates is 1. The minimum atomic E-state index is -0.960. The van der Waals surface area contributed by atoms with Crippen molar-refractivity contribution in [2.45, 2.75) is 12.8 Å². The first-order chi connectivity index (χ1) is 7.74. The van der Waals surface area contributed by atoms with Crippen molar-refractivity contribution < 1.29 is 9.90 Å². The molecule has 1 aromatic carbocycles. The number of aliphatic carboxylic acids is 1. The third kappa shape index (κ3) is 4.20. The summed E-state index contributed by atoms with van der Waals surface area (Å²) in [5.74, 6) is -0.960. The lowest BCUT2D eigenvalue weighted by Crippen LogP contribution is -2.01. The van der Waals surface area contributed by atoms with Crippen LogP contribution in [0.15, 0.2) is 41.3 Å². The molecule has 0 bridgehead atoms. The van der Waals surface area contributed by atoms with Gasteiger partial charge >= 0.3 is 5.97 Å². The Morgan fingerprint density at radius 2 is 2.12 bits per heavy atom. The largest absolute Gasteiger partial charge is 0.478 e. The molecule has 0 saturated carbocycles. The molecule has 0 aliphatic carbocycles. The molecule has 0 aliphatic heterocycles. The molecule has 16 heavy (non-hydrogen) atoms. The van der Waals surface area contributed by atoms with E-state index in [0.717, 1.165) is 17.3 Å². The predicted octanol–water partition coefficient (Wildman–Crippen LogP) is 2.80. The SMILES string of the molecule is N#CS/C=C(/CCc1ccccc1)C(=O)O. The summed E-state index contributed by atoms with van der Waals surface area (Å²) in [6, 6.07) is 9.67. The number of nitriles is 1. The summed E-state index contributed by atoms with van der Waals surface area (Å²) in [6.45, 7) is 0. The molecule has 1 N–H and O–H groups in total. The summed E-state index contributed by atoms with van der Waals surface area (Å²) in [5.41, 5.74) is 1.37. The topological polar surface area (TPSA) is 61.1 Å². The molecule has 0 atom stereocenters. The Kier molecular flexibility index (Phi) is 5.17. The van der Waals surface area contributed by atoms with Crippen LogP contribution in [0, 0.1) is 10.7 Å². The van der Waals surface area contributed by atoms with E-state index in [1.807, 2.05) is 35.7 Å². The van der Waals surface area contributed by atoms with E-state index in [1.54, 1.807) is 0 Å². The third-order valence-corrected chi connectivity index (χ3v) is 2.56. The summed E-state index contributed by atoms with van der Waals surface area (Å²) < 4.78 is 0. The lowest BCUT2D eigenvalue weighted by molar-refractivity contribution is -0.132. The van der Waals surface area contributed by atoms with Crippen molar-refractivity contribution in [3.05, 3.63) is 46.9 Å². The zero-order valence-corrected chi connectivity index (χ0v) is 9.41. The van der Waals surface area contributed by atoms with E-state index in [2.05, 4.69) is 0 Å². The Morgan fingerprint density at radius 1 is 1.44 bits per heavy atom. The van der Waals surface area contributed by atoms with Crippen LogP contribution in [0.2, 0.25) is 0 Å². The maximum atomic E-state index is 10.8. The second-order valence-corrected chi connectivity index (χ2v) is 3.80. The smallest absolute Gasteiger partial charge is 0.332 e. The maximum absolute atomic E-state index is 10.8. The van der Waals surface area contributed by atoms with Crippen molar-refractivity contribution in [3.8, 4) is 5.40 Å². The van der Waals surface area contributed by atoms with Crippen LogP contribution in [0.25, 0.3) is 0 Å². The zero-order valence-electron chi connectivity index (χ0n) is 8.59. The van der Waals surface area contributed by atoms with Crippen LogP contribution in [-0.4, -0.2) is 11.1 Å². The number of hydrogen-bond donors (Lipinski definition) is 1. The van der Waals surface area contributed by atoms with Gasteiger partial charge < -0.3 is 5.11 Å². The molecule has 4 heteroatoms. The molecule has 3 nitrogen and oxygen atoms in total. The highest BCUT2D eigenvalue weighted by Gasteiger charge is 2.07. The number of aryl methyl sites for hydroxylation is 1. The van der Waals surface area contributed by atoms with Gasteiger partial charge in [0.05, 0.1) is 0 Å². The molecule has 0 unspecified atom stereocenters. The molecule has 0 aliphatic rings. The summed E-state index contributed by atoms with van der Waals surface area (Å²) in [5, 5.41) is 20.5. The molecule has 0 heterocycles. The number of carbonyl (C=O) groups is 1. The summed E-state index contributed by atoms with van der Waals surface area (Å²) in [7, 11) is 0. The van der Waals surface area contributed by atoms with Gasteiger partial charge in [0.25, 0.3) is 0 Å². The van der Waals surface area contributed by atoms with Gasteiger partial charge in [0.15, 0.2) is 0 Å². The number of nitrogens with zero attached hydrogens (tertiary/aromatic N) is 1. The number of benzene rings is 1. The van der Waals surface area contributed by atoms with Crippen LogP contribution in [0.5, 0.6) is 0 Å². The van der Waals surface area contributed by atoms with Crippen LogP contribution in [0.3, 0.4) is 0 Å². The molecule has 1 rings (SSSR count). The zero-order chi connectivity index (χ0) is 11.8. The lowest BCUT2D eigenvalue weighted by Gasteiger charge is -2.01. The fourth-order valence-electron chi connectivity index (χ4n) is 1.24. The number of carboxylic acids is 1. The van der Waals surface area contributed by atoms with Gasteiger partial charge in [-0.15, -0.1) is 0 Å². The second-order valence-electron chi connectivity index (χ2n) is 3.14. The quantitative estimate of drug-likeness (QED) is 0.627. The predicted molar refractivity (Wildman–Crippen MR) is 63.7 cm³/mol. The van der Waals surface area contributed by atoms with Crippen molar-refractivity contribution >= 4 is 17.7 Å². The van der Waals surface area contributed by atoms with Gasteiger partial charge in [-0.3, -0.25) is 0 Å². The van der Waals surface area contributed by atoms with Gasteiger partial charge in [-0.1, -0.05) is 30.3 Å². The van der Waals surface area contributed by atoms with Crippen LogP contribution in [0.4, 0.5) is 0 Å². The summed E-state index contributed by atoms with van der Waals surface area (Å²) >= 11 is 0.842. The second kappa shape index (κ2) is 6.70. The molecule has 82 valence electrons. The Hall–Kier alpha value is -1.73. The molecule has 0 amide bonds. The number of hydrogen-bond acceptors (Lipinski definition) is 3. The van der Waals surface area contributed by atoms with Crippen LogP contribution in [0.1, 0.15) is 12.0 Å². The molecular formula is C12H11NO2S. The van der Waals surface area contributed by atoms with Gasteiger partial charge in [0, 0.05) is 5.57 Å². The van der Waals surface area contributed by atoms with Crippen molar-refractivity contribution in [3.63, 3.8) is 0 Å². The standard InChI is InChI=1S/C12H11NO2S/c13-9-16-8-11(12(14)15)7-6-10-4-2-1-3-5-10/h1-5,8H,6-7H2,(H,14,15)/b11-8-. The lowest BCUT2D eigenvalue weighted by atomic mass is 10.1. The normalized spacial score (nSPS) is 10.8. The highest BCUT2D eigenvalue weighted by Crippen LogP contribution is 2.13. The number of carboxylic acid groups (broad SMARTS) is 1. The van der Waals surface area contributed by atoms with Crippen LogP contribution >= 0.6 is 11.8 Å². The summed E-state index contributed by atoms with van der Waals surface area (Å²) in [6.07, 6.45) is 1.11. The van der Waals surface area contributed by atoms with E-state index in [4.69, 9.17) is 10.4 Å².